The Morgan fingerprint density at radius 2 is 2.00 bits per heavy atom. The van der Waals surface area contributed by atoms with Crippen LogP contribution in [0.5, 0.6) is 0 Å². The van der Waals surface area contributed by atoms with Crippen molar-refractivity contribution in [1.82, 2.24) is 4.90 Å². The first-order chi connectivity index (χ1) is 8.15. The second-order valence-corrected chi connectivity index (χ2v) is 5.70. The number of hydrogen-bond donors (Lipinski definition) is 2. The molecule has 2 N–H and O–H groups in total. The summed E-state index contributed by atoms with van der Waals surface area (Å²) in [6, 6.07) is 8.06. The summed E-state index contributed by atoms with van der Waals surface area (Å²) in [5.41, 5.74) is 0.891. The molecule has 1 aromatic rings. The summed E-state index contributed by atoms with van der Waals surface area (Å²) in [6.45, 7) is 2.23. The number of hydrogen-bond acceptors (Lipinski definition) is 3. The van der Waals surface area contributed by atoms with Crippen LogP contribution in [0.3, 0.4) is 0 Å². The first kappa shape index (κ1) is 12.9. The molecule has 0 bridgehead atoms. The van der Waals surface area contributed by atoms with Gasteiger partial charge in [-0.3, -0.25) is 0 Å². The standard InChI is InChI=1S/C13H19BrN2O/c1-16-8-6-13(10-17,7-9-16)15-12-5-3-2-4-11(12)14/h2-5,15,17H,6-10H2,1H3. The lowest BCUT2D eigenvalue weighted by Crippen LogP contribution is -2.50. The SMILES string of the molecule is CN1CCC(CO)(Nc2ccccc2Br)CC1. The van der Waals surface area contributed by atoms with E-state index in [0.717, 1.165) is 36.1 Å². The molecule has 0 aliphatic carbocycles. The monoisotopic (exact) mass is 298 g/mol. The van der Waals surface area contributed by atoms with E-state index < -0.39 is 0 Å². The maximum atomic E-state index is 9.68. The average molecular weight is 299 g/mol. The van der Waals surface area contributed by atoms with Gasteiger partial charge >= 0.3 is 0 Å². The molecule has 1 heterocycles. The van der Waals surface area contributed by atoms with Crippen LogP contribution in [0.2, 0.25) is 0 Å². The minimum atomic E-state index is -0.170. The Kier molecular flexibility index (Phi) is 4.07. The van der Waals surface area contributed by atoms with Crippen LogP contribution >= 0.6 is 15.9 Å². The molecular formula is C13H19BrN2O. The summed E-state index contributed by atoms with van der Waals surface area (Å²) in [5.74, 6) is 0. The van der Waals surface area contributed by atoms with E-state index in [1.54, 1.807) is 0 Å². The number of anilines is 1. The number of likely N-dealkylation sites (tertiary alicyclic amines) is 1. The van der Waals surface area contributed by atoms with Crippen molar-refractivity contribution in [2.24, 2.45) is 0 Å². The fourth-order valence-electron chi connectivity index (χ4n) is 2.22. The Morgan fingerprint density at radius 3 is 2.59 bits per heavy atom. The number of aliphatic hydroxyl groups is 1. The summed E-state index contributed by atoms with van der Waals surface area (Å²) >= 11 is 3.53. The number of aliphatic hydroxyl groups excluding tert-OH is 1. The molecule has 94 valence electrons. The minimum absolute atomic E-state index is 0.170. The molecule has 17 heavy (non-hydrogen) atoms. The van der Waals surface area contributed by atoms with Crippen LogP contribution in [0.25, 0.3) is 0 Å². The highest BCUT2D eigenvalue weighted by Crippen LogP contribution is 2.30. The molecule has 0 radical (unpaired) electrons. The highest BCUT2D eigenvalue weighted by atomic mass is 79.9. The predicted molar refractivity (Wildman–Crippen MR) is 74.3 cm³/mol. The summed E-state index contributed by atoms with van der Waals surface area (Å²) in [4.78, 5) is 2.30. The van der Waals surface area contributed by atoms with Crippen molar-refractivity contribution in [3.05, 3.63) is 28.7 Å². The highest BCUT2D eigenvalue weighted by Gasteiger charge is 2.33. The Bertz CT molecular complexity index is 375. The maximum absolute atomic E-state index is 9.68. The van der Waals surface area contributed by atoms with Crippen LogP contribution < -0.4 is 5.32 Å². The second kappa shape index (κ2) is 5.38. The van der Waals surface area contributed by atoms with Crippen molar-refractivity contribution >= 4 is 21.6 Å². The Morgan fingerprint density at radius 1 is 1.35 bits per heavy atom. The van der Waals surface area contributed by atoms with E-state index in [-0.39, 0.29) is 12.1 Å². The third kappa shape index (κ3) is 3.00. The predicted octanol–water partition coefficient (Wildman–Crippen LogP) is 2.32. The smallest absolute Gasteiger partial charge is 0.0662 e. The summed E-state index contributed by atoms with van der Waals surface area (Å²) < 4.78 is 1.05. The molecule has 0 spiro atoms. The minimum Gasteiger partial charge on any atom is -0.394 e. The van der Waals surface area contributed by atoms with Gasteiger partial charge in [0.15, 0.2) is 0 Å². The molecule has 2 rings (SSSR count). The number of nitrogens with one attached hydrogen (secondary N) is 1. The summed E-state index contributed by atoms with van der Waals surface area (Å²) in [6.07, 6.45) is 1.95. The van der Waals surface area contributed by atoms with Crippen molar-refractivity contribution in [3.8, 4) is 0 Å². The zero-order chi connectivity index (χ0) is 12.3. The maximum Gasteiger partial charge on any atom is 0.0662 e. The normalized spacial score (nSPS) is 20.2. The van der Waals surface area contributed by atoms with Crippen LogP contribution in [0.4, 0.5) is 5.69 Å². The van der Waals surface area contributed by atoms with Crippen LogP contribution in [-0.2, 0) is 0 Å². The van der Waals surface area contributed by atoms with Gasteiger partial charge in [0, 0.05) is 23.2 Å². The van der Waals surface area contributed by atoms with Crippen molar-refractivity contribution in [3.63, 3.8) is 0 Å². The third-order valence-corrected chi connectivity index (χ3v) is 4.21. The second-order valence-electron chi connectivity index (χ2n) is 4.85. The number of para-hydroxylation sites is 1. The Hall–Kier alpha value is -0.580. The number of rotatable bonds is 3. The molecule has 0 saturated carbocycles. The number of nitrogens with zero attached hydrogens (tertiary/aromatic N) is 1. The molecule has 0 unspecified atom stereocenters. The number of benzene rings is 1. The molecule has 4 heteroatoms. The Balaban J connectivity index is 2.12. The van der Waals surface area contributed by atoms with E-state index >= 15 is 0 Å². The van der Waals surface area contributed by atoms with E-state index in [1.165, 1.54) is 0 Å². The highest BCUT2D eigenvalue weighted by molar-refractivity contribution is 9.10. The molecule has 1 aliphatic heterocycles. The zero-order valence-corrected chi connectivity index (χ0v) is 11.7. The molecule has 1 saturated heterocycles. The van der Waals surface area contributed by atoms with E-state index in [4.69, 9.17) is 0 Å². The van der Waals surface area contributed by atoms with Crippen LogP contribution in [-0.4, -0.2) is 42.3 Å². The van der Waals surface area contributed by atoms with Crippen molar-refractivity contribution in [2.75, 3.05) is 32.1 Å². The fraction of sp³-hybridized carbons (Fsp3) is 0.538. The van der Waals surface area contributed by atoms with E-state index in [0.29, 0.717) is 0 Å². The first-order valence-electron chi connectivity index (χ1n) is 5.97. The van der Waals surface area contributed by atoms with Gasteiger partial charge in [-0.05, 0) is 48.0 Å². The molecular weight excluding hydrogens is 280 g/mol. The van der Waals surface area contributed by atoms with Gasteiger partial charge in [0.1, 0.15) is 0 Å². The lowest BCUT2D eigenvalue weighted by Gasteiger charge is -2.41. The lowest BCUT2D eigenvalue weighted by molar-refractivity contribution is 0.133. The average Bonchev–Trinajstić information content (AvgIpc) is 2.35. The third-order valence-electron chi connectivity index (χ3n) is 3.52. The number of piperidine rings is 1. The molecule has 0 aromatic heterocycles. The van der Waals surface area contributed by atoms with Crippen LogP contribution in [0.1, 0.15) is 12.8 Å². The topological polar surface area (TPSA) is 35.5 Å². The lowest BCUT2D eigenvalue weighted by atomic mass is 9.88. The fourth-order valence-corrected chi connectivity index (χ4v) is 2.60. The van der Waals surface area contributed by atoms with Gasteiger partial charge in [-0.2, -0.15) is 0 Å². The molecule has 1 aliphatic rings. The van der Waals surface area contributed by atoms with Crippen molar-refractivity contribution in [1.29, 1.82) is 0 Å². The molecule has 3 nitrogen and oxygen atoms in total. The van der Waals surface area contributed by atoms with Gasteiger partial charge in [0.25, 0.3) is 0 Å². The first-order valence-corrected chi connectivity index (χ1v) is 6.77. The molecule has 0 atom stereocenters. The van der Waals surface area contributed by atoms with Gasteiger partial charge in [-0.1, -0.05) is 12.1 Å². The van der Waals surface area contributed by atoms with Gasteiger partial charge in [0.2, 0.25) is 0 Å². The van der Waals surface area contributed by atoms with E-state index in [1.807, 2.05) is 24.3 Å². The van der Waals surface area contributed by atoms with Crippen molar-refractivity contribution in [2.45, 2.75) is 18.4 Å². The van der Waals surface area contributed by atoms with Crippen LogP contribution in [0.15, 0.2) is 28.7 Å². The van der Waals surface area contributed by atoms with Gasteiger partial charge in [-0.25, -0.2) is 0 Å². The summed E-state index contributed by atoms with van der Waals surface area (Å²) in [7, 11) is 2.12. The quantitative estimate of drug-likeness (QED) is 0.899. The summed E-state index contributed by atoms with van der Waals surface area (Å²) in [5, 5.41) is 13.2. The van der Waals surface area contributed by atoms with Crippen LogP contribution in [0, 0.1) is 0 Å². The Labute approximate surface area is 111 Å². The van der Waals surface area contributed by atoms with Gasteiger partial charge < -0.3 is 15.3 Å². The zero-order valence-electron chi connectivity index (χ0n) is 10.1. The van der Waals surface area contributed by atoms with Gasteiger partial charge in [-0.15, -0.1) is 0 Å². The van der Waals surface area contributed by atoms with Gasteiger partial charge in [0.05, 0.1) is 12.1 Å². The molecule has 1 aromatic carbocycles. The number of halogens is 1. The largest absolute Gasteiger partial charge is 0.394 e. The van der Waals surface area contributed by atoms with Crippen molar-refractivity contribution < 1.29 is 5.11 Å². The van der Waals surface area contributed by atoms with E-state index in [2.05, 4.69) is 33.2 Å². The molecule has 1 fully saturated rings. The van der Waals surface area contributed by atoms with E-state index in [9.17, 15) is 5.11 Å². The molecule has 0 amide bonds.